The van der Waals surface area contributed by atoms with E-state index in [1.807, 2.05) is 42.5 Å². The van der Waals surface area contributed by atoms with Crippen LogP contribution in [0.15, 0.2) is 76.4 Å². The summed E-state index contributed by atoms with van der Waals surface area (Å²) in [7, 11) is -1.76. The van der Waals surface area contributed by atoms with Crippen LogP contribution in [0.1, 0.15) is 12.0 Å². The lowest BCUT2D eigenvalue weighted by atomic mass is 9.99. The fraction of sp³-hybridized carbons (Fsp3) is 0.182. The second-order valence-electron chi connectivity index (χ2n) is 7.21. The highest BCUT2D eigenvalue weighted by Crippen LogP contribution is 2.34. The highest BCUT2D eigenvalue weighted by molar-refractivity contribution is 7.90. The van der Waals surface area contributed by atoms with Crippen LogP contribution in [0.2, 0.25) is 0 Å². The third-order valence-corrected chi connectivity index (χ3v) is 6.88. The number of hydrogen-bond donors (Lipinski definition) is 0. The van der Waals surface area contributed by atoms with Crippen LogP contribution in [-0.4, -0.2) is 37.4 Å². The summed E-state index contributed by atoms with van der Waals surface area (Å²) in [5, 5.41) is 1.67. The molecule has 2 aromatic heterocycles. The molecule has 5 nitrogen and oxygen atoms in total. The van der Waals surface area contributed by atoms with Gasteiger partial charge in [0.25, 0.3) is 0 Å². The molecule has 0 saturated carbocycles. The molecule has 0 atom stereocenters. The zero-order valence-electron chi connectivity index (χ0n) is 15.5. The molecule has 1 aliphatic heterocycles. The predicted octanol–water partition coefficient (Wildman–Crippen LogP) is 4.34. The van der Waals surface area contributed by atoms with Crippen LogP contribution in [0.3, 0.4) is 0 Å². The first-order valence-electron chi connectivity index (χ1n) is 9.26. The van der Waals surface area contributed by atoms with E-state index >= 15 is 0 Å². The number of fused-ring (bicyclic) bond motifs is 2. The smallest absolute Gasteiger partial charge is 0.301 e. The zero-order valence-corrected chi connectivity index (χ0v) is 16.3. The van der Waals surface area contributed by atoms with E-state index in [-0.39, 0.29) is 5.09 Å². The fourth-order valence-electron chi connectivity index (χ4n) is 3.80. The van der Waals surface area contributed by atoms with Crippen molar-refractivity contribution in [1.82, 2.24) is 8.87 Å². The Bertz CT molecular complexity index is 1300. The van der Waals surface area contributed by atoms with Gasteiger partial charge in [-0.1, -0.05) is 42.5 Å². The lowest BCUT2D eigenvalue weighted by molar-refractivity contribution is 0.370. The Morgan fingerprint density at radius 1 is 1.04 bits per heavy atom. The molecule has 0 saturated heterocycles. The van der Waals surface area contributed by atoms with Crippen molar-refractivity contribution >= 4 is 37.5 Å². The van der Waals surface area contributed by atoms with E-state index in [4.69, 9.17) is 4.42 Å². The third kappa shape index (κ3) is 2.68. The molecule has 1 aliphatic rings. The second-order valence-corrected chi connectivity index (χ2v) is 8.95. The molecule has 142 valence electrons. The molecule has 5 rings (SSSR count). The van der Waals surface area contributed by atoms with Gasteiger partial charge in [0.15, 0.2) is 0 Å². The monoisotopic (exact) mass is 392 g/mol. The van der Waals surface area contributed by atoms with Gasteiger partial charge in [-0.25, -0.2) is 3.97 Å². The summed E-state index contributed by atoms with van der Waals surface area (Å²) >= 11 is 0. The Morgan fingerprint density at radius 2 is 1.82 bits per heavy atom. The van der Waals surface area contributed by atoms with E-state index in [1.165, 1.54) is 9.55 Å². The normalized spacial score (nSPS) is 16.0. The summed E-state index contributed by atoms with van der Waals surface area (Å²) in [5.74, 6) is 0. The Kier molecular flexibility index (Phi) is 3.92. The fourth-order valence-corrected chi connectivity index (χ4v) is 5.13. The molecule has 0 fully saturated rings. The van der Waals surface area contributed by atoms with Crippen molar-refractivity contribution in [3.05, 3.63) is 72.4 Å². The molecular formula is C22H20N2O3S. The van der Waals surface area contributed by atoms with Gasteiger partial charge in [-0.3, -0.25) is 0 Å². The molecule has 2 aromatic carbocycles. The second kappa shape index (κ2) is 6.36. The van der Waals surface area contributed by atoms with Crippen molar-refractivity contribution in [3.63, 3.8) is 0 Å². The third-order valence-electron chi connectivity index (χ3n) is 5.35. The van der Waals surface area contributed by atoms with Crippen LogP contribution in [0.4, 0.5) is 0 Å². The molecule has 4 aromatic rings. The van der Waals surface area contributed by atoms with E-state index in [1.54, 1.807) is 18.3 Å². The first kappa shape index (κ1) is 17.3. The summed E-state index contributed by atoms with van der Waals surface area (Å²) in [6, 6.07) is 16.5. The number of hydrogen-bond acceptors (Lipinski definition) is 4. The van der Waals surface area contributed by atoms with Crippen LogP contribution >= 0.6 is 0 Å². The molecule has 0 radical (unpaired) electrons. The Balaban J connectivity index is 1.70. The zero-order chi connectivity index (χ0) is 19.3. The molecule has 0 unspecified atom stereocenters. The number of nitrogens with zero attached hydrogens (tertiary/aromatic N) is 2. The summed E-state index contributed by atoms with van der Waals surface area (Å²) in [6.07, 6.45) is 4.82. The van der Waals surface area contributed by atoms with Gasteiger partial charge in [-0.05, 0) is 31.2 Å². The van der Waals surface area contributed by atoms with Crippen molar-refractivity contribution < 1.29 is 12.8 Å². The van der Waals surface area contributed by atoms with Crippen LogP contribution in [0.25, 0.3) is 27.4 Å². The maximum absolute atomic E-state index is 13.4. The molecule has 0 spiro atoms. The van der Waals surface area contributed by atoms with Gasteiger partial charge in [0.05, 0.1) is 5.52 Å². The van der Waals surface area contributed by atoms with Gasteiger partial charge in [0.1, 0.15) is 5.58 Å². The van der Waals surface area contributed by atoms with Crippen LogP contribution in [0, 0.1) is 0 Å². The SMILES string of the molecule is CN1CC=C(c2cn(S(=O)(=O)c3cc4ccccc4o3)c3ccccc23)CC1. The van der Waals surface area contributed by atoms with Crippen molar-refractivity contribution in [2.24, 2.45) is 0 Å². The summed E-state index contributed by atoms with van der Waals surface area (Å²) in [4.78, 5) is 2.24. The molecule has 6 heteroatoms. The first-order chi connectivity index (χ1) is 13.5. The molecule has 0 N–H and O–H groups in total. The van der Waals surface area contributed by atoms with Crippen LogP contribution in [0.5, 0.6) is 0 Å². The Morgan fingerprint density at radius 3 is 2.61 bits per heavy atom. The largest absolute Gasteiger partial charge is 0.443 e. The minimum absolute atomic E-state index is 0.0432. The first-order valence-corrected chi connectivity index (χ1v) is 10.7. The highest BCUT2D eigenvalue weighted by atomic mass is 32.2. The predicted molar refractivity (Wildman–Crippen MR) is 111 cm³/mol. The molecule has 28 heavy (non-hydrogen) atoms. The van der Waals surface area contributed by atoms with Crippen LogP contribution < -0.4 is 0 Å². The topological polar surface area (TPSA) is 55.5 Å². The van der Waals surface area contributed by atoms with Gasteiger partial charge in [-0.2, -0.15) is 8.42 Å². The average molecular weight is 392 g/mol. The Hall–Kier alpha value is -2.83. The van der Waals surface area contributed by atoms with E-state index in [0.29, 0.717) is 11.1 Å². The van der Waals surface area contributed by atoms with Gasteiger partial charge >= 0.3 is 10.0 Å². The van der Waals surface area contributed by atoms with Crippen molar-refractivity contribution in [3.8, 4) is 0 Å². The maximum Gasteiger partial charge on any atom is 0.301 e. The summed E-state index contributed by atoms with van der Waals surface area (Å²) in [5.41, 5.74) is 3.39. The number of furan rings is 1. The van der Waals surface area contributed by atoms with E-state index in [2.05, 4.69) is 18.0 Å². The maximum atomic E-state index is 13.4. The number of rotatable bonds is 3. The summed E-state index contributed by atoms with van der Waals surface area (Å²) < 4.78 is 33.8. The molecule has 0 aliphatic carbocycles. The summed E-state index contributed by atoms with van der Waals surface area (Å²) in [6.45, 7) is 1.83. The van der Waals surface area contributed by atoms with E-state index in [0.717, 1.165) is 35.8 Å². The van der Waals surface area contributed by atoms with E-state index in [9.17, 15) is 8.42 Å². The molecular weight excluding hydrogens is 372 g/mol. The van der Waals surface area contributed by atoms with Gasteiger partial charge in [0.2, 0.25) is 5.09 Å². The highest BCUT2D eigenvalue weighted by Gasteiger charge is 2.26. The minimum atomic E-state index is -3.84. The minimum Gasteiger partial charge on any atom is -0.443 e. The van der Waals surface area contributed by atoms with Crippen LogP contribution in [-0.2, 0) is 10.0 Å². The lowest BCUT2D eigenvalue weighted by Crippen LogP contribution is -2.23. The van der Waals surface area contributed by atoms with E-state index < -0.39 is 10.0 Å². The van der Waals surface area contributed by atoms with Crippen molar-refractivity contribution in [1.29, 1.82) is 0 Å². The standard InChI is InChI=1S/C22H20N2O3S/c1-23-12-10-16(11-13-23)19-15-24(20-8-4-3-7-18(19)20)28(25,26)22-14-17-6-2-5-9-21(17)27-22/h2-10,14-15H,11-13H2,1H3. The quantitative estimate of drug-likeness (QED) is 0.520. The number of aromatic nitrogens is 1. The number of para-hydroxylation sites is 2. The molecule has 0 bridgehead atoms. The Labute approximate surface area is 163 Å². The lowest BCUT2D eigenvalue weighted by Gasteiger charge is -2.21. The molecule has 0 amide bonds. The van der Waals surface area contributed by atoms with Crippen molar-refractivity contribution in [2.75, 3.05) is 20.1 Å². The molecule has 3 heterocycles. The van der Waals surface area contributed by atoms with Crippen molar-refractivity contribution in [2.45, 2.75) is 11.5 Å². The average Bonchev–Trinajstić information content (AvgIpc) is 3.31. The van der Waals surface area contributed by atoms with Gasteiger partial charge < -0.3 is 9.32 Å². The number of benzene rings is 2. The van der Waals surface area contributed by atoms with Gasteiger partial charge in [-0.15, -0.1) is 0 Å². The van der Waals surface area contributed by atoms with Gasteiger partial charge in [0, 0.05) is 41.7 Å². The number of likely N-dealkylation sites (N-methyl/N-ethyl adjacent to an activating group) is 1.